The van der Waals surface area contributed by atoms with Crippen LogP contribution in [0, 0.1) is 43.0 Å². The molecule has 0 saturated carbocycles. The Morgan fingerprint density at radius 1 is 0.535 bits per heavy atom. The van der Waals surface area contributed by atoms with Gasteiger partial charge in [0.15, 0.2) is 23.1 Å². The Balaban J connectivity index is 1.27. The van der Waals surface area contributed by atoms with Crippen LogP contribution in [0.25, 0.3) is 22.3 Å². The van der Waals surface area contributed by atoms with E-state index in [1.807, 2.05) is 13.8 Å². The van der Waals surface area contributed by atoms with Crippen LogP contribution in [-0.2, 0) is 0 Å². The zero-order chi connectivity index (χ0) is 31.1. The topological polar surface area (TPSA) is 18.5 Å². The molecule has 0 aliphatic rings. The molecule has 4 aromatic carbocycles. The van der Waals surface area contributed by atoms with Gasteiger partial charge in [-0.2, -0.15) is 22.0 Å². The first-order chi connectivity index (χ1) is 20.5. The lowest BCUT2D eigenvalue weighted by atomic mass is 9.97. The van der Waals surface area contributed by atoms with Gasteiger partial charge < -0.3 is 9.47 Å². The highest BCUT2D eigenvalue weighted by molar-refractivity contribution is 5.66. The summed E-state index contributed by atoms with van der Waals surface area (Å²) in [5, 5.41) is 0. The van der Waals surface area contributed by atoms with Crippen molar-refractivity contribution in [2.75, 3.05) is 13.2 Å². The van der Waals surface area contributed by atoms with Crippen LogP contribution in [0.1, 0.15) is 36.8 Å². The molecular formula is C34H31F7O2. The van der Waals surface area contributed by atoms with Crippen molar-refractivity contribution in [2.24, 2.45) is 5.92 Å². The van der Waals surface area contributed by atoms with E-state index in [1.165, 1.54) is 24.3 Å². The van der Waals surface area contributed by atoms with Crippen LogP contribution >= 0.6 is 0 Å². The van der Waals surface area contributed by atoms with Gasteiger partial charge in [0.2, 0.25) is 11.6 Å². The first kappa shape index (κ1) is 31.9. The number of hydrogen-bond donors (Lipinski definition) is 0. The fraction of sp³-hybridized carbons (Fsp3) is 0.294. The lowest BCUT2D eigenvalue weighted by molar-refractivity contribution is -0.179. The van der Waals surface area contributed by atoms with E-state index in [9.17, 15) is 30.7 Å². The summed E-state index contributed by atoms with van der Waals surface area (Å²) in [6.07, 6.45) is -5.27. The number of hydrogen-bond acceptors (Lipinski definition) is 2. The number of alkyl halides is 3. The summed E-state index contributed by atoms with van der Waals surface area (Å²) >= 11 is 0. The van der Waals surface area contributed by atoms with Crippen LogP contribution < -0.4 is 9.47 Å². The largest absolute Gasteiger partial charge is 0.490 e. The average Bonchev–Trinajstić information content (AvgIpc) is 2.97. The Labute approximate surface area is 246 Å². The Hall–Kier alpha value is -4.01. The maximum Gasteiger partial charge on any atom is 0.391 e. The summed E-state index contributed by atoms with van der Waals surface area (Å²) in [6, 6.07) is 18.9. The van der Waals surface area contributed by atoms with E-state index in [2.05, 4.69) is 0 Å². The van der Waals surface area contributed by atoms with E-state index >= 15 is 0 Å². The van der Waals surface area contributed by atoms with E-state index < -0.39 is 35.4 Å². The molecule has 0 aliphatic carbocycles. The minimum absolute atomic E-state index is 0.0500. The molecule has 0 aromatic heterocycles. The minimum atomic E-state index is -4.51. The summed E-state index contributed by atoms with van der Waals surface area (Å²) in [6.45, 7) is 3.23. The third kappa shape index (κ3) is 8.09. The third-order valence-corrected chi connectivity index (χ3v) is 7.19. The maximum absolute atomic E-state index is 14.6. The molecule has 0 atom stereocenters. The van der Waals surface area contributed by atoms with Crippen LogP contribution in [0.2, 0.25) is 0 Å². The van der Waals surface area contributed by atoms with Gasteiger partial charge >= 0.3 is 6.18 Å². The maximum atomic E-state index is 14.6. The van der Waals surface area contributed by atoms with Crippen LogP contribution in [-0.4, -0.2) is 19.4 Å². The molecule has 9 heteroatoms. The third-order valence-electron chi connectivity index (χ3n) is 7.19. The van der Waals surface area contributed by atoms with Crippen molar-refractivity contribution in [3.63, 3.8) is 0 Å². The van der Waals surface area contributed by atoms with Crippen molar-refractivity contribution >= 4 is 0 Å². The quantitative estimate of drug-likeness (QED) is 0.118. The molecule has 0 aliphatic heterocycles. The lowest BCUT2D eigenvalue weighted by Crippen LogP contribution is -2.24. The Morgan fingerprint density at radius 3 is 1.26 bits per heavy atom. The van der Waals surface area contributed by atoms with Crippen LogP contribution in [0.3, 0.4) is 0 Å². The summed E-state index contributed by atoms with van der Waals surface area (Å²) in [5.74, 6) is -7.10. The Morgan fingerprint density at radius 2 is 0.907 bits per heavy atom. The number of ether oxygens (including phenoxy) is 2. The van der Waals surface area contributed by atoms with Crippen LogP contribution in [0.4, 0.5) is 30.7 Å². The number of halogens is 7. The summed E-state index contributed by atoms with van der Waals surface area (Å²) in [7, 11) is 0. The molecule has 0 fully saturated rings. The second kappa shape index (κ2) is 14.0. The Kier molecular flexibility index (Phi) is 10.4. The SMILES string of the molecule is Cc1ccc(-c2ccc(OCCCC(CCCOc3ccc(-c4ccc(C)cc4)c(F)c3F)C(F)(F)F)c(F)c2F)cc1. The lowest BCUT2D eigenvalue weighted by Gasteiger charge is -2.20. The highest BCUT2D eigenvalue weighted by Crippen LogP contribution is 2.35. The number of benzene rings is 4. The second-order valence-electron chi connectivity index (χ2n) is 10.4. The highest BCUT2D eigenvalue weighted by Gasteiger charge is 2.38. The number of rotatable bonds is 12. The van der Waals surface area contributed by atoms with Crippen molar-refractivity contribution in [2.45, 2.75) is 45.7 Å². The molecule has 4 aromatic rings. The zero-order valence-corrected chi connectivity index (χ0v) is 23.7. The molecular weight excluding hydrogens is 573 g/mol. The van der Waals surface area contributed by atoms with E-state index in [0.717, 1.165) is 11.1 Å². The van der Waals surface area contributed by atoms with Crippen molar-refractivity contribution in [3.05, 3.63) is 107 Å². The number of aryl methyl sites for hydroxylation is 2. The standard InChI is InChI=1S/C34H31F7O2/c1-21-7-11-23(12-8-21)26-15-17-28(32(37)30(26)35)42-19-3-5-25(34(39,40)41)6-4-20-43-29-18-16-27(31(36)33(29)38)24-13-9-22(2)10-14-24/h7-18,25H,3-6,19-20H2,1-2H3. The molecule has 0 spiro atoms. The first-order valence-electron chi connectivity index (χ1n) is 13.9. The normalized spacial score (nSPS) is 11.7. The second-order valence-corrected chi connectivity index (χ2v) is 10.4. The van der Waals surface area contributed by atoms with Crippen LogP contribution in [0.5, 0.6) is 11.5 Å². The molecule has 43 heavy (non-hydrogen) atoms. The van der Waals surface area contributed by atoms with Gasteiger partial charge in [-0.3, -0.25) is 0 Å². The van der Waals surface area contributed by atoms with Gasteiger partial charge in [-0.25, -0.2) is 8.78 Å². The first-order valence-corrected chi connectivity index (χ1v) is 13.9. The van der Waals surface area contributed by atoms with E-state index in [0.29, 0.717) is 11.1 Å². The van der Waals surface area contributed by atoms with E-state index in [4.69, 9.17) is 9.47 Å². The van der Waals surface area contributed by atoms with Crippen LogP contribution in [0.15, 0.2) is 72.8 Å². The van der Waals surface area contributed by atoms with Crippen molar-refractivity contribution in [1.29, 1.82) is 0 Å². The molecule has 0 saturated heterocycles. The van der Waals surface area contributed by atoms with Gasteiger partial charge in [0.25, 0.3) is 0 Å². The summed E-state index contributed by atoms with van der Waals surface area (Å²) < 4.78 is 110. The Bertz CT molecular complexity index is 1410. The fourth-order valence-corrected chi connectivity index (χ4v) is 4.69. The predicted molar refractivity (Wildman–Crippen MR) is 152 cm³/mol. The molecule has 4 rings (SSSR count). The molecule has 0 radical (unpaired) electrons. The molecule has 0 heterocycles. The van der Waals surface area contributed by atoms with E-state index in [1.54, 1.807) is 48.5 Å². The zero-order valence-electron chi connectivity index (χ0n) is 23.7. The van der Waals surface area contributed by atoms with Gasteiger partial charge in [0.05, 0.1) is 19.1 Å². The van der Waals surface area contributed by atoms with Crippen molar-refractivity contribution < 1.29 is 40.2 Å². The molecule has 2 nitrogen and oxygen atoms in total. The van der Waals surface area contributed by atoms with Gasteiger partial charge in [0, 0.05) is 11.1 Å². The molecule has 0 N–H and O–H groups in total. The van der Waals surface area contributed by atoms with Crippen molar-refractivity contribution in [3.8, 4) is 33.8 Å². The summed E-state index contributed by atoms with van der Waals surface area (Å²) in [4.78, 5) is 0. The highest BCUT2D eigenvalue weighted by atomic mass is 19.4. The van der Waals surface area contributed by atoms with Gasteiger partial charge in [-0.05, 0) is 74.9 Å². The predicted octanol–water partition coefficient (Wildman–Crippen LogP) is 10.4. The molecule has 228 valence electrons. The van der Waals surface area contributed by atoms with E-state index in [-0.39, 0.29) is 61.5 Å². The van der Waals surface area contributed by atoms with Gasteiger partial charge in [0.1, 0.15) is 0 Å². The monoisotopic (exact) mass is 604 g/mol. The van der Waals surface area contributed by atoms with Gasteiger partial charge in [-0.1, -0.05) is 59.7 Å². The molecule has 0 unspecified atom stereocenters. The molecule has 0 bridgehead atoms. The minimum Gasteiger partial charge on any atom is -0.490 e. The average molecular weight is 605 g/mol. The summed E-state index contributed by atoms with van der Waals surface area (Å²) in [5.41, 5.74) is 2.99. The van der Waals surface area contributed by atoms with Gasteiger partial charge in [-0.15, -0.1) is 0 Å². The van der Waals surface area contributed by atoms with Crippen molar-refractivity contribution in [1.82, 2.24) is 0 Å². The fourth-order valence-electron chi connectivity index (χ4n) is 4.69. The molecule has 0 amide bonds. The smallest absolute Gasteiger partial charge is 0.391 e.